The Labute approximate surface area is 130 Å². The minimum Gasteiger partial charge on any atom is -0.394 e. The lowest BCUT2D eigenvalue weighted by atomic mass is 10.2. The molecular weight excluding hydrogens is 318 g/mol. The highest BCUT2D eigenvalue weighted by atomic mass is 35.5. The van der Waals surface area contributed by atoms with Crippen molar-refractivity contribution in [1.82, 2.24) is 5.32 Å². The Morgan fingerprint density at radius 2 is 2.05 bits per heavy atom. The Balaban J connectivity index is 2.55. The average molecular weight is 332 g/mol. The van der Waals surface area contributed by atoms with Crippen LogP contribution in [0.2, 0.25) is 5.02 Å². The summed E-state index contributed by atoms with van der Waals surface area (Å²) in [6, 6.07) is 3.48. The molecule has 0 aromatic heterocycles. The van der Waals surface area contributed by atoms with Gasteiger partial charge in [-0.3, -0.25) is 19.7 Å². The van der Waals surface area contributed by atoms with E-state index in [1.54, 1.807) is 0 Å². The van der Waals surface area contributed by atoms with Gasteiger partial charge in [-0.1, -0.05) is 11.6 Å². The molecule has 10 heteroatoms. The highest BCUT2D eigenvalue weighted by molar-refractivity contribution is 6.41. The number of ether oxygens (including phenoxy) is 1. The third kappa shape index (κ3) is 5.64. The van der Waals surface area contributed by atoms with E-state index in [-0.39, 0.29) is 42.8 Å². The number of anilines is 1. The fraction of sp³-hybridized carbons (Fsp3) is 0.333. The van der Waals surface area contributed by atoms with Crippen LogP contribution >= 0.6 is 11.6 Å². The molecule has 0 aliphatic carbocycles. The number of aliphatic hydroxyl groups excluding tert-OH is 1. The number of hydrogen-bond donors (Lipinski definition) is 3. The van der Waals surface area contributed by atoms with Crippen LogP contribution in [0.3, 0.4) is 0 Å². The van der Waals surface area contributed by atoms with Crippen LogP contribution in [0.4, 0.5) is 11.4 Å². The summed E-state index contributed by atoms with van der Waals surface area (Å²) in [7, 11) is 0. The Morgan fingerprint density at radius 3 is 2.68 bits per heavy atom. The summed E-state index contributed by atoms with van der Waals surface area (Å²) < 4.78 is 4.90. The first-order valence-corrected chi connectivity index (χ1v) is 6.55. The molecule has 0 fully saturated rings. The van der Waals surface area contributed by atoms with Crippen molar-refractivity contribution in [3.8, 4) is 0 Å². The summed E-state index contributed by atoms with van der Waals surface area (Å²) in [4.78, 5) is 33.1. The zero-order valence-electron chi connectivity index (χ0n) is 11.4. The second-order valence-corrected chi connectivity index (χ2v) is 4.37. The van der Waals surface area contributed by atoms with Crippen LogP contribution in [0.5, 0.6) is 0 Å². The number of aliphatic hydroxyl groups is 1. The number of carbonyl (C=O) groups is 2. The lowest BCUT2D eigenvalue weighted by Crippen LogP contribution is -2.37. The summed E-state index contributed by atoms with van der Waals surface area (Å²) in [5, 5.41) is 23.7. The number of nitro groups is 1. The quantitative estimate of drug-likeness (QED) is 0.285. The van der Waals surface area contributed by atoms with Crippen molar-refractivity contribution in [2.45, 2.75) is 0 Å². The van der Waals surface area contributed by atoms with Gasteiger partial charge in [0, 0.05) is 18.7 Å². The zero-order valence-corrected chi connectivity index (χ0v) is 12.1. The molecule has 1 aromatic carbocycles. The molecular formula is C12H14ClN3O6. The molecule has 0 saturated carbocycles. The first kappa shape index (κ1) is 17.8. The lowest BCUT2D eigenvalue weighted by molar-refractivity contribution is -0.384. The number of rotatable bonds is 7. The van der Waals surface area contributed by atoms with Gasteiger partial charge in [-0.15, -0.1) is 0 Å². The zero-order chi connectivity index (χ0) is 16.5. The first-order valence-electron chi connectivity index (χ1n) is 6.17. The number of nitrogens with zero attached hydrogens (tertiary/aromatic N) is 1. The minimum atomic E-state index is -1.01. The van der Waals surface area contributed by atoms with E-state index in [0.29, 0.717) is 0 Å². The SMILES string of the molecule is O=C(NCCOCCO)C(=O)Nc1cc([N+](=O)[O-])ccc1Cl. The van der Waals surface area contributed by atoms with E-state index in [1.807, 2.05) is 0 Å². The molecule has 9 nitrogen and oxygen atoms in total. The maximum Gasteiger partial charge on any atom is 0.313 e. The monoisotopic (exact) mass is 331 g/mol. The third-order valence-corrected chi connectivity index (χ3v) is 2.71. The van der Waals surface area contributed by atoms with Crippen molar-refractivity contribution in [1.29, 1.82) is 0 Å². The fourth-order valence-corrected chi connectivity index (χ4v) is 1.55. The van der Waals surface area contributed by atoms with Gasteiger partial charge in [0.25, 0.3) is 5.69 Å². The smallest absolute Gasteiger partial charge is 0.313 e. The molecule has 2 amide bonds. The van der Waals surface area contributed by atoms with Crippen LogP contribution in [0.15, 0.2) is 18.2 Å². The minimum absolute atomic E-state index is 0.0347. The van der Waals surface area contributed by atoms with E-state index in [2.05, 4.69) is 10.6 Å². The predicted octanol–water partition coefficient (Wildman–Crippen LogP) is 0.312. The van der Waals surface area contributed by atoms with Crippen molar-refractivity contribution in [3.05, 3.63) is 33.3 Å². The van der Waals surface area contributed by atoms with Crippen LogP contribution in [-0.4, -0.2) is 48.2 Å². The first-order chi connectivity index (χ1) is 10.5. The summed E-state index contributed by atoms with van der Waals surface area (Å²) >= 11 is 5.80. The summed E-state index contributed by atoms with van der Waals surface area (Å²) in [5.74, 6) is -1.94. The summed E-state index contributed by atoms with van der Waals surface area (Å²) in [6.07, 6.45) is 0. The van der Waals surface area contributed by atoms with Gasteiger partial charge in [0.1, 0.15) is 0 Å². The molecule has 0 saturated heterocycles. The maximum atomic E-state index is 11.6. The topological polar surface area (TPSA) is 131 Å². The van der Waals surface area contributed by atoms with E-state index < -0.39 is 16.7 Å². The fourth-order valence-electron chi connectivity index (χ4n) is 1.39. The Bertz CT molecular complexity index is 566. The van der Waals surface area contributed by atoms with Gasteiger partial charge in [0.15, 0.2) is 0 Å². The molecule has 0 aliphatic heterocycles. The van der Waals surface area contributed by atoms with E-state index in [9.17, 15) is 19.7 Å². The van der Waals surface area contributed by atoms with Gasteiger partial charge in [-0.25, -0.2) is 0 Å². The molecule has 0 unspecified atom stereocenters. The number of halogens is 1. The van der Waals surface area contributed by atoms with E-state index in [0.717, 1.165) is 6.07 Å². The molecule has 0 bridgehead atoms. The number of hydrogen-bond acceptors (Lipinski definition) is 6. The highest BCUT2D eigenvalue weighted by Gasteiger charge is 2.17. The van der Waals surface area contributed by atoms with Crippen LogP contribution in [-0.2, 0) is 14.3 Å². The standard InChI is InChI=1S/C12H14ClN3O6/c13-9-2-1-8(16(20)21)7-10(9)15-12(19)11(18)14-3-5-22-6-4-17/h1-2,7,17H,3-6H2,(H,14,18)(H,15,19). The predicted molar refractivity (Wildman–Crippen MR) is 77.7 cm³/mol. The normalized spacial score (nSPS) is 10.1. The van der Waals surface area contributed by atoms with Crippen LogP contribution in [0.25, 0.3) is 0 Å². The highest BCUT2D eigenvalue weighted by Crippen LogP contribution is 2.26. The van der Waals surface area contributed by atoms with Crippen LogP contribution < -0.4 is 10.6 Å². The number of nitrogens with one attached hydrogen (secondary N) is 2. The molecule has 0 heterocycles. The molecule has 0 radical (unpaired) electrons. The molecule has 1 aromatic rings. The number of non-ortho nitro benzene ring substituents is 1. The van der Waals surface area contributed by atoms with Gasteiger partial charge < -0.3 is 20.5 Å². The second-order valence-electron chi connectivity index (χ2n) is 3.97. The van der Waals surface area contributed by atoms with Crippen molar-refractivity contribution >= 4 is 34.8 Å². The number of carbonyl (C=O) groups excluding carboxylic acids is 2. The van der Waals surface area contributed by atoms with Gasteiger partial charge in [0.2, 0.25) is 0 Å². The lowest BCUT2D eigenvalue weighted by Gasteiger charge is -2.08. The van der Waals surface area contributed by atoms with Crippen molar-refractivity contribution in [3.63, 3.8) is 0 Å². The Kier molecular flexibility index (Phi) is 7.23. The molecule has 3 N–H and O–H groups in total. The molecule has 120 valence electrons. The van der Waals surface area contributed by atoms with Gasteiger partial charge in [0.05, 0.1) is 35.5 Å². The van der Waals surface area contributed by atoms with Crippen molar-refractivity contribution in [2.24, 2.45) is 0 Å². The molecule has 0 aliphatic rings. The molecule has 22 heavy (non-hydrogen) atoms. The van der Waals surface area contributed by atoms with Crippen molar-refractivity contribution in [2.75, 3.05) is 31.7 Å². The van der Waals surface area contributed by atoms with Gasteiger partial charge in [-0.05, 0) is 6.07 Å². The van der Waals surface area contributed by atoms with Crippen LogP contribution in [0, 0.1) is 10.1 Å². The van der Waals surface area contributed by atoms with E-state index in [1.165, 1.54) is 12.1 Å². The van der Waals surface area contributed by atoms with E-state index in [4.69, 9.17) is 21.4 Å². The summed E-state index contributed by atoms with van der Waals surface area (Å²) in [6.45, 7) is 0.205. The average Bonchev–Trinajstić information content (AvgIpc) is 2.48. The largest absolute Gasteiger partial charge is 0.394 e. The van der Waals surface area contributed by atoms with E-state index >= 15 is 0 Å². The van der Waals surface area contributed by atoms with Crippen LogP contribution in [0.1, 0.15) is 0 Å². The Morgan fingerprint density at radius 1 is 1.32 bits per heavy atom. The molecule has 0 spiro atoms. The maximum absolute atomic E-state index is 11.6. The number of benzene rings is 1. The number of amides is 2. The second kappa shape index (κ2) is 8.93. The summed E-state index contributed by atoms with van der Waals surface area (Å²) in [5.41, 5.74) is -0.301. The van der Waals surface area contributed by atoms with Gasteiger partial charge >= 0.3 is 11.8 Å². The van der Waals surface area contributed by atoms with Crippen molar-refractivity contribution < 1.29 is 24.4 Å². The molecule has 0 atom stereocenters. The molecule has 1 rings (SSSR count). The number of nitro benzene ring substituents is 1. The third-order valence-electron chi connectivity index (χ3n) is 2.38. The van der Waals surface area contributed by atoms with Gasteiger partial charge in [-0.2, -0.15) is 0 Å². The Hall–Kier alpha value is -2.23.